The van der Waals surface area contributed by atoms with Crippen molar-refractivity contribution in [3.63, 3.8) is 0 Å². The SMILES string of the molecule is CCOC(=O)C1CN(C)C(=O)/C1=N\Nc1ccccc1. The van der Waals surface area contributed by atoms with Crippen molar-refractivity contribution in [1.82, 2.24) is 4.90 Å². The lowest BCUT2D eigenvalue weighted by molar-refractivity contribution is -0.145. The van der Waals surface area contributed by atoms with Gasteiger partial charge in [0.15, 0.2) is 0 Å². The van der Waals surface area contributed by atoms with Gasteiger partial charge in [-0.3, -0.25) is 15.0 Å². The number of hydrazone groups is 1. The highest BCUT2D eigenvalue weighted by Crippen LogP contribution is 2.16. The number of hydrogen-bond donors (Lipinski definition) is 1. The zero-order chi connectivity index (χ0) is 14.5. The number of benzene rings is 1. The Morgan fingerprint density at radius 2 is 2.15 bits per heavy atom. The van der Waals surface area contributed by atoms with Crippen molar-refractivity contribution in [1.29, 1.82) is 0 Å². The Labute approximate surface area is 117 Å². The number of carbonyl (C=O) groups excluding carboxylic acids is 2. The molecule has 1 aliphatic heterocycles. The van der Waals surface area contributed by atoms with Crippen LogP contribution in [0.4, 0.5) is 5.69 Å². The second-order valence-electron chi connectivity index (χ2n) is 4.47. The smallest absolute Gasteiger partial charge is 0.317 e. The van der Waals surface area contributed by atoms with Crippen LogP contribution in [0.3, 0.4) is 0 Å². The molecule has 20 heavy (non-hydrogen) atoms. The highest BCUT2D eigenvalue weighted by atomic mass is 16.5. The molecule has 1 heterocycles. The molecular formula is C14H17N3O3. The summed E-state index contributed by atoms with van der Waals surface area (Å²) in [7, 11) is 1.64. The van der Waals surface area contributed by atoms with Crippen molar-refractivity contribution in [2.45, 2.75) is 6.92 Å². The van der Waals surface area contributed by atoms with Gasteiger partial charge < -0.3 is 9.64 Å². The molecule has 6 nitrogen and oxygen atoms in total. The number of rotatable bonds is 4. The van der Waals surface area contributed by atoms with E-state index < -0.39 is 11.9 Å². The summed E-state index contributed by atoms with van der Waals surface area (Å²) < 4.78 is 4.98. The predicted octanol–water partition coefficient (Wildman–Crippen LogP) is 1.11. The lowest BCUT2D eigenvalue weighted by atomic mass is 10.1. The van der Waals surface area contributed by atoms with E-state index in [2.05, 4.69) is 10.5 Å². The second-order valence-corrected chi connectivity index (χ2v) is 4.47. The van der Waals surface area contributed by atoms with Crippen LogP contribution in [0.5, 0.6) is 0 Å². The summed E-state index contributed by atoms with van der Waals surface area (Å²) in [5, 5.41) is 4.08. The van der Waals surface area contributed by atoms with Crippen molar-refractivity contribution in [2.75, 3.05) is 25.6 Å². The number of hydrogen-bond acceptors (Lipinski definition) is 5. The third-order valence-corrected chi connectivity index (χ3v) is 3.00. The molecule has 1 aromatic rings. The molecule has 0 aromatic heterocycles. The summed E-state index contributed by atoms with van der Waals surface area (Å²) >= 11 is 0. The van der Waals surface area contributed by atoms with Crippen LogP contribution in [-0.2, 0) is 14.3 Å². The van der Waals surface area contributed by atoms with E-state index in [-0.39, 0.29) is 18.2 Å². The van der Waals surface area contributed by atoms with Crippen LogP contribution in [0.1, 0.15) is 6.92 Å². The van der Waals surface area contributed by atoms with E-state index in [9.17, 15) is 9.59 Å². The summed E-state index contributed by atoms with van der Waals surface area (Å²) in [5.41, 5.74) is 3.74. The molecule has 0 bridgehead atoms. The fourth-order valence-electron chi connectivity index (χ4n) is 1.98. The van der Waals surface area contributed by atoms with Gasteiger partial charge in [0.25, 0.3) is 5.91 Å². The normalized spacial score (nSPS) is 20.3. The summed E-state index contributed by atoms with van der Waals surface area (Å²) in [6.45, 7) is 2.32. The molecule has 1 saturated heterocycles. The molecule has 1 aliphatic rings. The Bertz CT molecular complexity index is 528. The average Bonchev–Trinajstić information content (AvgIpc) is 2.74. The van der Waals surface area contributed by atoms with E-state index in [1.54, 1.807) is 14.0 Å². The molecule has 1 N–H and O–H groups in total. The molecule has 6 heteroatoms. The molecule has 1 unspecified atom stereocenters. The van der Waals surface area contributed by atoms with E-state index in [4.69, 9.17) is 4.74 Å². The van der Waals surface area contributed by atoms with E-state index in [1.807, 2.05) is 30.3 Å². The standard InChI is InChI=1S/C14H17N3O3/c1-3-20-14(19)11-9-17(2)13(18)12(11)16-15-10-7-5-4-6-8-10/h4-8,11,15H,3,9H2,1-2H3/b16-12-. The monoisotopic (exact) mass is 275 g/mol. The lowest BCUT2D eigenvalue weighted by Gasteiger charge is -2.08. The van der Waals surface area contributed by atoms with Crippen LogP contribution in [0, 0.1) is 5.92 Å². The molecule has 1 atom stereocenters. The minimum Gasteiger partial charge on any atom is -0.465 e. The van der Waals surface area contributed by atoms with Crippen LogP contribution >= 0.6 is 0 Å². The molecule has 1 aromatic carbocycles. The number of likely N-dealkylation sites (tertiary alicyclic amines) is 1. The van der Waals surface area contributed by atoms with Gasteiger partial charge >= 0.3 is 5.97 Å². The first-order valence-electron chi connectivity index (χ1n) is 6.44. The number of carbonyl (C=O) groups is 2. The van der Waals surface area contributed by atoms with E-state index in [0.717, 1.165) is 5.69 Å². The molecule has 1 fully saturated rings. The molecule has 0 saturated carbocycles. The predicted molar refractivity (Wildman–Crippen MR) is 75.3 cm³/mol. The minimum atomic E-state index is -0.635. The zero-order valence-electron chi connectivity index (χ0n) is 11.5. The van der Waals surface area contributed by atoms with Crippen LogP contribution in [0.25, 0.3) is 0 Å². The average molecular weight is 275 g/mol. The van der Waals surface area contributed by atoms with Crippen molar-refractivity contribution in [2.24, 2.45) is 11.0 Å². The molecular weight excluding hydrogens is 258 g/mol. The Hall–Kier alpha value is -2.37. The van der Waals surface area contributed by atoms with Gasteiger partial charge in [0, 0.05) is 13.6 Å². The fraction of sp³-hybridized carbons (Fsp3) is 0.357. The Kier molecular flexibility index (Phi) is 4.34. The summed E-state index contributed by atoms with van der Waals surface area (Å²) in [6.07, 6.45) is 0. The summed E-state index contributed by atoms with van der Waals surface area (Å²) in [6, 6.07) is 9.25. The van der Waals surface area contributed by atoms with Crippen molar-refractivity contribution < 1.29 is 14.3 Å². The number of nitrogens with zero attached hydrogens (tertiary/aromatic N) is 2. The molecule has 1 amide bonds. The second kappa shape index (κ2) is 6.18. The molecule has 0 aliphatic carbocycles. The third kappa shape index (κ3) is 2.96. The number of nitrogens with one attached hydrogen (secondary N) is 1. The van der Waals surface area contributed by atoms with Crippen LogP contribution < -0.4 is 5.43 Å². The lowest BCUT2D eigenvalue weighted by Crippen LogP contribution is -2.27. The van der Waals surface area contributed by atoms with Gasteiger partial charge in [0.2, 0.25) is 0 Å². The first-order chi connectivity index (χ1) is 9.63. The van der Waals surface area contributed by atoms with Gasteiger partial charge in [-0.05, 0) is 19.1 Å². The van der Waals surface area contributed by atoms with Gasteiger partial charge in [-0.2, -0.15) is 5.10 Å². The fourth-order valence-corrected chi connectivity index (χ4v) is 1.98. The maximum absolute atomic E-state index is 12.0. The quantitative estimate of drug-likeness (QED) is 0.660. The first kappa shape index (κ1) is 14.0. The Balaban J connectivity index is 2.17. The van der Waals surface area contributed by atoms with Crippen LogP contribution in [0.15, 0.2) is 35.4 Å². The number of ether oxygens (including phenoxy) is 1. The number of esters is 1. The highest BCUT2D eigenvalue weighted by Gasteiger charge is 2.40. The molecule has 106 valence electrons. The van der Waals surface area contributed by atoms with Crippen LogP contribution in [0.2, 0.25) is 0 Å². The molecule has 0 radical (unpaired) electrons. The molecule has 2 rings (SSSR count). The van der Waals surface area contributed by atoms with Gasteiger partial charge in [-0.25, -0.2) is 0 Å². The van der Waals surface area contributed by atoms with Gasteiger partial charge in [0.05, 0.1) is 12.3 Å². The van der Waals surface area contributed by atoms with Crippen molar-refractivity contribution in [3.8, 4) is 0 Å². The number of amides is 1. The van der Waals surface area contributed by atoms with Gasteiger partial charge in [-0.1, -0.05) is 18.2 Å². The summed E-state index contributed by atoms with van der Waals surface area (Å²) in [5.74, 6) is -1.31. The maximum Gasteiger partial charge on any atom is 0.317 e. The van der Waals surface area contributed by atoms with Gasteiger partial charge in [-0.15, -0.1) is 0 Å². The van der Waals surface area contributed by atoms with E-state index in [0.29, 0.717) is 6.54 Å². The number of para-hydroxylation sites is 1. The maximum atomic E-state index is 12.0. The largest absolute Gasteiger partial charge is 0.465 e. The molecule has 0 spiro atoms. The zero-order valence-corrected chi connectivity index (χ0v) is 11.5. The minimum absolute atomic E-state index is 0.190. The Morgan fingerprint density at radius 1 is 1.45 bits per heavy atom. The third-order valence-electron chi connectivity index (χ3n) is 3.00. The van der Waals surface area contributed by atoms with E-state index in [1.165, 1.54) is 4.90 Å². The first-order valence-corrected chi connectivity index (χ1v) is 6.44. The van der Waals surface area contributed by atoms with Crippen molar-refractivity contribution in [3.05, 3.63) is 30.3 Å². The highest BCUT2D eigenvalue weighted by molar-refractivity contribution is 6.44. The Morgan fingerprint density at radius 3 is 2.80 bits per heavy atom. The summed E-state index contributed by atoms with van der Waals surface area (Å²) in [4.78, 5) is 25.3. The van der Waals surface area contributed by atoms with Crippen molar-refractivity contribution >= 4 is 23.3 Å². The van der Waals surface area contributed by atoms with Gasteiger partial charge in [0.1, 0.15) is 11.6 Å². The van der Waals surface area contributed by atoms with Crippen LogP contribution in [-0.4, -0.2) is 42.7 Å². The number of anilines is 1. The van der Waals surface area contributed by atoms with E-state index >= 15 is 0 Å². The topological polar surface area (TPSA) is 71.0 Å².